The Morgan fingerprint density at radius 3 is 1.77 bits per heavy atom. The van der Waals surface area contributed by atoms with Crippen molar-refractivity contribution in [3.8, 4) is 0 Å². The molecule has 2 aromatic heterocycles. The molecule has 3 rings (SSSR count). The van der Waals surface area contributed by atoms with E-state index in [1.165, 1.54) is 5.56 Å². The Kier molecular flexibility index (Phi) is 4.15. The summed E-state index contributed by atoms with van der Waals surface area (Å²) in [5.41, 5.74) is 2.40. The zero-order chi connectivity index (χ0) is 15.4. The van der Waals surface area contributed by atoms with Crippen LogP contribution >= 0.6 is 0 Å². The van der Waals surface area contributed by atoms with Crippen molar-refractivity contribution in [1.29, 1.82) is 0 Å². The number of anilines is 3. The molecule has 22 heavy (non-hydrogen) atoms. The van der Waals surface area contributed by atoms with Crippen molar-refractivity contribution in [2.45, 2.75) is 19.8 Å². The van der Waals surface area contributed by atoms with Crippen molar-refractivity contribution in [1.82, 2.24) is 9.97 Å². The highest BCUT2D eigenvalue weighted by molar-refractivity contribution is 5.74. The minimum atomic E-state index is 0.422. The predicted molar refractivity (Wildman–Crippen MR) is 90.8 cm³/mol. The average Bonchev–Trinajstić information content (AvgIpc) is 2.57. The number of rotatable bonds is 4. The fourth-order valence-electron chi connectivity index (χ4n) is 2.52. The van der Waals surface area contributed by atoms with Crippen LogP contribution in [0.25, 0.3) is 0 Å². The molecule has 0 amide bonds. The van der Waals surface area contributed by atoms with Gasteiger partial charge in [0.05, 0.1) is 5.69 Å². The summed E-state index contributed by atoms with van der Waals surface area (Å²) in [4.78, 5) is 11.1. The van der Waals surface area contributed by atoms with Crippen molar-refractivity contribution in [3.05, 3.63) is 78.6 Å². The SMILES string of the molecule is CC(C)c1ccccc1N(c1ccccn1)c1ccccn1. The summed E-state index contributed by atoms with van der Waals surface area (Å²) >= 11 is 0. The lowest BCUT2D eigenvalue weighted by molar-refractivity contribution is 0.862. The van der Waals surface area contributed by atoms with E-state index in [0.29, 0.717) is 5.92 Å². The molecule has 0 atom stereocenters. The van der Waals surface area contributed by atoms with Crippen molar-refractivity contribution in [2.24, 2.45) is 0 Å². The summed E-state index contributed by atoms with van der Waals surface area (Å²) < 4.78 is 0. The van der Waals surface area contributed by atoms with Gasteiger partial charge in [-0.3, -0.25) is 4.90 Å². The van der Waals surface area contributed by atoms with Crippen molar-refractivity contribution < 1.29 is 0 Å². The van der Waals surface area contributed by atoms with Crippen LogP contribution in [-0.2, 0) is 0 Å². The van der Waals surface area contributed by atoms with Crippen LogP contribution in [0.2, 0.25) is 0 Å². The molecular weight excluding hydrogens is 270 g/mol. The Morgan fingerprint density at radius 1 is 0.727 bits per heavy atom. The Labute approximate surface area is 131 Å². The highest BCUT2D eigenvalue weighted by atomic mass is 15.2. The minimum absolute atomic E-state index is 0.422. The molecule has 0 aliphatic heterocycles. The van der Waals surface area contributed by atoms with Gasteiger partial charge in [-0.15, -0.1) is 0 Å². The largest absolute Gasteiger partial charge is 0.279 e. The smallest absolute Gasteiger partial charge is 0.138 e. The van der Waals surface area contributed by atoms with Gasteiger partial charge in [-0.25, -0.2) is 9.97 Å². The standard InChI is InChI=1S/C19H19N3/c1-15(2)16-9-3-4-10-17(16)22(18-11-5-7-13-20-18)19-12-6-8-14-21-19/h3-15H,1-2H3. The van der Waals surface area contributed by atoms with Crippen molar-refractivity contribution in [3.63, 3.8) is 0 Å². The van der Waals surface area contributed by atoms with Crippen LogP contribution in [0.15, 0.2) is 73.1 Å². The third-order valence-corrected chi connectivity index (χ3v) is 3.56. The first kappa shape index (κ1) is 14.3. The van der Waals surface area contributed by atoms with E-state index in [1.807, 2.05) is 48.8 Å². The first-order valence-corrected chi connectivity index (χ1v) is 7.48. The number of hydrogen-bond acceptors (Lipinski definition) is 3. The molecule has 0 saturated heterocycles. The maximum absolute atomic E-state index is 4.52. The zero-order valence-electron chi connectivity index (χ0n) is 12.8. The maximum Gasteiger partial charge on any atom is 0.138 e. The van der Waals surface area contributed by atoms with E-state index in [1.54, 1.807) is 0 Å². The number of hydrogen-bond donors (Lipinski definition) is 0. The summed E-state index contributed by atoms with van der Waals surface area (Å²) in [7, 11) is 0. The van der Waals surface area contributed by atoms with Crippen LogP contribution in [-0.4, -0.2) is 9.97 Å². The number of benzene rings is 1. The van der Waals surface area contributed by atoms with Gasteiger partial charge >= 0.3 is 0 Å². The molecule has 3 aromatic rings. The molecule has 0 saturated carbocycles. The topological polar surface area (TPSA) is 29.0 Å². The normalized spacial score (nSPS) is 10.7. The number of pyridine rings is 2. The van der Waals surface area contributed by atoms with E-state index in [9.17, 15) is 0 Å². The van der Waals surface area contributed by atoms with Crippen LogP contribution in [0.1, 0.15) is 25.3 Å². The molecule has 0 radical (unpaired) electrons. The van der Waals surface area contributed by atoms with Crippen LogP contribution in [0.3, 0.4) is 0 Å². The van der Waals surface area contributed by atoms with E-state index < -0.39 is 0 Å². The van der Waals surface area contributed by atoms with E-state index in [4.69, 9.17) is 0 Å². The van der Waals surface area contributed by atoms with E-state index in [-0.39, 0.29) is 0 Å². The lowest BCUT2D eigenvalue weighted by Crippen LogP contribution is -2.15. The molecule has 0 bridgehead atoms. The quantitative estimate of drug-likeness (QED) is 0.671. The summed E-state index contributed by atoms with van der Waals surface area (Å²) in [5, 5.41) is 0. The maximum atomic E-state index is 4.52. The summed E-state index contributed by atoms with van der Waals surface area (Å²) in [6.07, 6.45) is 3.62. The van der Waals surface area contributed by atoms with Gasteiger partial charge in [0.2, 0.25) is 0 Å². The lowest BCUT2D eigenvalue weighted by Gasteiger charge is -2.26. The Morgan fingerprint density at radius 2 is 1.27 bits per heavy atom. The molecule has 2 heterocycles. The number of para-hydroxylation sites is 1. The molecule has 3 heteroatoms. The van der Waals surface area contributed by atoms with Gasteiger partial charge in [0.1, 0.15) is 11.6 Å². The van der Waals surface area contributed by atoms with Gasteiger partial charge in [-0.1, -0.05) is 44.2 Å². The van der Waals surface area contributed by atoms with Crippen LogP contribution in [0.5, 0.6) is 0 Å². The van der Waals surface area contributed by atoms with Gasteiger partial charge in [0.15, 0.2) is 0 Å². The highest BCUT2D eigenvalue weighted by Gasteiger charge is 2.18. The summed E-state index contributed by atoms with van der Waals surface area (Å²) in [6, 6.07) is 20.3. The lowest BCUT2D eigenvalue weighted by atomic mass is 10.0. The Bertz CT molecular complexity index is 684. The van der Waals surface area contributed by atoms with E-state index >= 15 is 0 Å². The number of nitrogens with zero attached hydrogens (tertiary/aromatic N) is 3. The molecule has 0 aliphatic carbocycles. The molecule has 110 valence electrons. The Hall–Kier alpha value is -2.68. The molecule has 1 aromatic carbocycles. The molecule has 0 spiro atoms. The van der Waals surface area contributed by atoms with Crippen molar-refractivity contribution >= 4 is 17.3 Å². The molecule has 0 N–H and O–H groups in total. The van der Waals surface area contributed by atoms with E-state index in [2.05, 4.69) is 53.0 Å². The van der Waals surface area contributed by atoms with Gasteiger partial charge in [0.25, 0.3) is 0 Å². The molecule has 0 aliphatic rings. The van der Waals surface area contributed by atoms with Gasteiger partial charge in [0, 0.05) is 12.4 Å². The number of aromatic nitrogens is 2. The molecule has 0 fully saturated rings. The third-order valence-electron chi connectivity index (χ3n) is 3.56. The second kappa shape index (κ2) is 6.39. The van der Waals surface area contributed by atoms with Crippen LogP contribution in [0.4, 0.5) is 17.3 Å². The van der Waals surface area contributed by atoms with Crippen LogP contribution < -0.4 is 4.90 Å². The molecule has 0 unspecified atom stereocenters. The van der Waals surface area contributed by atoms with Gasteiger partial charge < -0.3 is 0 Å². The zero-order valence-corrected chi connectivity index (χ0v) is 12.8. The predicted octanol–water partition coefficient (Wildman–Crippen LogP) is 5.07. The Balaban J connectivity index is 2.19. The van der Waals surface area contributed by atoms with Crippen molar-refractivity contribution in [2.75, 3.05) is 4.90 Å². The van der Waals surface area contributed by atoms with E-state index in [0.717, 1.165) is 17.3 Å². The first-order valence-electron chi connectivity index (χ1n) is 7.48. The molecular formula is C19H19N3. The summed E-state index contributed by atoms with van der Waals surface area (Å²) in [6.45, 7) is 4.40. The summed E-state index contributed by atoms with van der Waals surface area (Å²) in [5.74, 6) is 2.16. The fraction of sp³-hybridized carbons (Fsp3) is 0.158. The monoisotopic (exact) mass is 289 g/mol. The molecule has 3 nitrogen and oxygen atoms in total. The van der Waals surface area contributed by atoms with Gasteiger partial charge in [-0.2, -0.15) is 0 Å². The first-order chi connectivity index (χ1) is 10.8. The minimum Gasteiger partial charge on any atom is -0.279 e. The second-order valence-electron chi connectivity index (χ2n) is 5.42. The fourth-order valence-corrected chi connectivity index (χ4v) is 2.52. The highest BCUT2D eigenvalue weighted by Crippen LogP contribution is 2.36. The second-order valence-corrected chi connectivity index (χ2v) is 5.42. The third kappa shape index (κ3) is 2.84. The van der Waals surface area contributed by atoms with Crippen LogP contribution in [0, 0.1) is 0 Å². The average molecular weight is 289 g/mol. The van der Waals surface area contributed by atoms with Gasteiger partial charge in [-0.05, 0) is 41.8 Å².